The molecule has 1 aromatic heterocycles. The summed E-state index contributed by atoms with van der Waals surface area (Å²) in [5.74, 6) is 0.109. The Balaban J connectivity index is 1.34. The van der Waals surface area contributed by atoms with Crippen molar-refractivity contribution >= 4 is 23.7 Å². The van der Waals surface area contributed by atoms with Crippen LogP contribution in [0.4, 0.5) is 5.69 Å². The second-order valence-electron chi connectivity index (χ2n) is 7.51. The number of rotatable bonds is 6. The number of anilines is 1. The van der Waals surface area contributed by atoms with E-state index in [1.807, 2.05) is 30.3 Å². The van der Waals surface area contributed by atoms with E-state index >= 15 is 0 Å². The molecule has 0 amide bonds. The number of benzene rings is 2. The molecule has 1 fully saturated rings. The van der Waals surface area contributed by atoms with Gasteiger partial charge >= 0.3 is 0 Å². The van der Waals surface area contributed by atoms with Gasteiger partial charge in [-0.05, 0) is 49.0 Å². The van der Waals surface area contributed by atoms with Gasteiger partial charge in [0.1, 0.15) is 0 Å². The van der Waals surface area contributed by atoms with Crippen molar-refractivity contribution in [1.82, 2.24) is 14.0 Å². The van der Waals surface area contributed by atoms with Crippen LogP contribution in [0, 0.1) is 4.77 Å². The van der Waals surface area contributed by atoms with E-state index in [4.69, 9.17) is 12.2 Å². The summed E-state index contributed by atoms with van der Waals surface area (Å²) in [4.78, 5) is 16.3. The van der Waals surface area contributed by atoms with E-state index in [-0.39, 0.29) is 5.78 Å². The number of piperazine rings is 1. The molecule has 0 aliphatic carbocycles. The zero-order valence-corrected chi connectivity index (χ0v) is 17.5. The summed E-state index contributed by atoms with van der Waals surface area (Å²) in [5.41, 5.74) is 3.20. The van der Waals surface area contributed by atoms with Gasteiger partial charge in [-0.3, -0.25) is 9.69 Å². The van der Waals surface area contributed by atoms with Gasteiger partial charge in [0, 0.05) is 56.4 Å². The van der Waals surface area contributed by atoms with Crippen molar-refractivity contribution in [2.75, 3.05) is 31.1 Å². The lowest BCUT2D eigenvalue weighted by molar-refractivity contribution is 0.101. The van der Waals surface area contributed by atoms with E-state index in [1.165, 1.54) is 11.3 Å². The normalized spacial score (nSPS) is 14.9. The Morgan fingerprint density at radius 1 is 0.897 bits per heavy atom. The summed E-state index contributed by atoms with van der Waals surface area (Å²) < 4.78 is 5.13. The molecule has 0 bridgehead atoms. The second-order valence-corrected chi connectivity index (χ2v) is 7.88. The van der Waals surface area contributed by atoms with Crippen LogP contribution in [0.5, 0.6) is 0 Å². The third-order valence-electron chi connectivity index (χ3n) is 5.48. The molecule has 150 valence electrons. The predicted molar refractivity (Wildman–Crippen MR) is 119 cm³/mol. The Hall–Kier alpha value is -2.70. The number of imidazole rings is 1. The quantitative estimate of drug-likeness (QED) is 0.457. The van der Waals surface area contributed by atoms with Gasteiger partial charge in [0.15, 0.2) is 10.6 Å². The van der Waals surface area contributed by atoms with Crippen LogP contribution >= 0.6 is 12.2 Å². The zero-order chi connectivity index (χ0) is 20.2. The van der Waals surface area contributed by atoms with Gasteiger partial charge in [-0.1, -0.05) is 30.3 Å². The maximum atomic E-state index is 11.4. The minimum atomic E-state index is 0.109. The first-order valence-corrected chi connectivity index (χ1v) is 10.4. The molecule has 5 nitrogen and oxygen atoms in total. The van der Waals surface area contributed by atoms with E-state index in [9.17, 15) is 4.79 Å². The van der Waals surface area contributed by atoms with E-state index in [0.29, 0.717) is 0 Å². The number of ketones is 1. The largest absolute Gasteiger partial charge is 0.369 e. The number of hydrogen-bond acceptors (Lipinski definition) is 4. The molecule has 4 rings (SSSR count). The lowest BCUT2D eigenvalue weighted by Gasteiger charge is -2.36. The molecule has 1 aliphatic heterocycles. The molecule has 0 N–H and O–H groups in total. The molecule has 2 aromatic carbocycles. The molecule has 0 radical (unpaired) electrons. The Morgan fingerprint density at radius 2 is 1.55 bits per heavy atom. The fraction of sp³-hybridized carbons (Fsp3) is 0.304. The molecular formula is C23H26N4OS. The summed E-state index contributed by atoms with van der Waals surface area (Å²) in [7, 11) is 0. The third-order valence-corrected chi connectivity index (χ3v) is 5.95. The van der Waals surface area contributed by atoms with Gasteiger partial charge in [0.25, 0.3) is 0 Å². The number of carbonyl (C=O) groups is 1. The molecule has 0 atom stereocenters. The fourth-order valence-corrected chi connectivity index (χ4v) is 3.98. The Bertz CT molecular complexity index is 1020. The molecule has 2 heterocycles. The van der Waals surface area contributed by atoms with Crippen molar-refractivity contribution in [2.24, 2.45) is 0 Å². The number of hydrogen-bond donors (Lipinski definition) is 0. The van der Waals surface area contributed by atoms with E-state index in [0.717, 1.165) is 49.7 Å². The molecule has 1 saturated heterocycles. The van der Waals surface area contributed by atoms with Crippen LogP contribution in [0.15, 0.2) is 67.0 Å². The van der Waals surface area contributed by atoms with Gasteiger partial charge in [-0.25, -0.2) is 0 Å². The molecule has 0 unspecified atom stereocenters. The van der Waals surface area contributed by atoms with Gasteiger partial charge in [-0.2, -0.15) is 0 Å². The van der Waals surface area contributed by atoms with Crippen LogP contribution in [0.3, 0.4) is 0 Å². The molecule has 6 heteroatoms. The van der Waals surface area contributed by atoms with Crippen molar-refractivity contribution in [1.29, 1.82) is 0 Å². The van der Waals surface area contributed by atoms with E-state index in [2.05, 4.69) is 55.6 Å². The Morgan fingerprint density at radius 3 is 2.21 bits per heavy atom. The van der Waals surface area contributed by atoms with Crippen molar-refractivity contribution in [2.45, 2.75) is 20.1 Å². The first-order chi connectivity index (χ1) is 14.1. The highest BCUT2D eigenvalue weighted by Crippen LogP contribution is 2.18. The number of carbonyl (C=O) groups excluding carboxylic acids is 1. The van der Waals surface area contributed by atoms with Crippen LogP contribution in [-0.2, 0) is 13.2 Å². The summed E-state index contributed by atoms with van der Waals surface area (Å²) in [6.07, 6.45) is 4.15. The number of nitrogens with zero attached hydrogens (tertiary/aromatic N) is 4. The third kappa shape index (κ3) is 4.66. The van der Waals surface area contributed by atoms with E-state index < -0.39 is 0 Å². The fourth-order valence-electron chi connectivity index (χ4n) is 3.73. The standard InChI is InChI=1S/C23H26N4OS/c1-19(28)21-7-9-22(10-8-21)25-13-11-24(12-14-25)18-27-16-15-26(23(27)29)17-20-5-3-2-4-6-20/h2-10,15-16H,11-14,17-18H2,1H3. The predicted octanol–water partition coefficient (Wildman–Crippen LogP) is 4.05. The average molecular weight is 407 g/mol. The highest BCUT2D eigenvalue weighted by atomic mass is 32.1. The van der Waals surface area contributed by atoms with Crippen LogP contribution in [-0.4, -0.2) is 46.0 Å². The van der Waals surface area contributed by atoms with Crippen LogP contribution in [0.1, 0.15) is 22.8 Å². The monoisotopic (exact) mass is 406 g/mol. The maximum absolute atomic E-state index is 11.4. The van der Waals surface area contributed by atoms with Crippen molar-refractivity contribution in [3.63, 3.8) is 0 Å². The van der Waals surface area contributed by atoms with Crippen LogP contribution in [0.25, 0.3) is 0 Å². The summed E-state index contributed by atoms with van der Waals surface area (Å²) in [5, 5.41) is 0. The topological polar surface area (TPSA) is 33.4 Å². The summed E-state index contributed by atoms with van der Waals surface area (Å²) >= 11 is 5.69. The minimum Gasteiger partial charge on any atom is -0.369 e. The maximum Gasteiger partial charge on any atom is 0.181 e. The lowest BCUT2D eigenvalue weighted by atomic mass is 10.1. The van der Waals surface area contributed by atoms with Crippen molar-refractivity contribution < 1.29 is 4.79 Å². The van der Waals surface area contributed by atoms with Gasteiger partial charge in [0.05, 0.1) is 6.67 Å². The molecule has 1 aliphatic rings. The lowest BCUT2D eigenvalue weighted by Crippen LogP contribution is -2.46. The van der Waals surface area contributed by atoms with Crippen molar-refractivity contribution in [3.8, 4) is 0 Å². The average Bonchev–Trinajstić information content (AvgIpc) is 3.09. The first kappa shape index (κ1) is 19.6. The first-order valence-electron chi connectivity index (χ1n) is 9.98. The van der Waals surface area contributed by atoms with Crippen LogP contribution < -0.4 is 4.90 Å². The second kappa shape index (κ2) is 8.76. The van der Waals surface area contributed by atoms with Gasteiger partial charge in [0.2, 0.25) is 0 Å². The summed E-state index contributed by atoms with van der Waals surface area (Å²) in [6, 6.07) is 18.3. The zero-order valence-electron chi connectivity index (χ0n) is 16.7. The SMILES string of the molecule is CC(=O)c1ccc(N2CCN(Cn3ccn(Cc4ccccc4)c3=S)CC2)cc1. The highest BCUT2D eigenvalue weighted by Gasteiger charge is 2.18. The van der Waals surface area contributed by atoms with Gasteiger partial charge in [-0.15, -0.1) is 0 Å². The molecule has 0 spiro atoms. The number of aromatic nitrogens is 2. The van der Waals surface area contributed by atoms with E-state index in [1.54, 1.807) is 6.92 Å². The van der Waals surface area contributed by atoms with Gasteiger partial charge < -0.3 is 14.0 Å². The molecular weight excluding hydrogens is 380 g/mol. The molecule has 0 saturated carbocycles. The minimum absolute atomic E-state index is 0.109. The smallest absolute Gasteiger partial charge is 0.181 e. The van der Waals surface area contributed by atoms with Crippen molar-refractivity contribution in [3.05, 3.63) is 82.9 Å². The molecule has 29 heavy (non-hydrogen) atoms. The summed E-state index contributed by atoms with van der Waals surface area (Å²) in [6.45, 7) is 7.13. The van der Waals surface area contributed by atoms with Crippen LogP contribution in [0.2, 0.25) is 0 Å². The Kier molecular flexibility index (Phi) is 5.92. The number of Topliss-reactive ketones (excluding diaryl/α,β-unsaturated/α-hetero) is 1. The highest BCUT2D eigenvalue weighted by molar-refractivity contribution is 7.71. The Labute approximate surface area is 176 Å². The molecule has 3 aromatic rings.